The van der Waals surface area contributed by atoms with Crippen LogP contribution in [0.3, 0.4) is 0 Å². The van der Waals surface area contributed by atoms with Gasteiger partial charge in [-0.3, -0.25) is 4.90 Å². The zero-order chi connectivity index (χ0) is 22.2. The molecule has 5 heteroatoms. The van der Waals surface area contributed by atoms with Crippen molar-refractivity contribution in [3.05, 3.63) is 97.5 Å². The van der Waals surface area contributed by atoms with Crippen molar-refractivity contribution in [3.63, 3.8) is 0 Å². The minimum atomic E-state index is 0.245. The van der Waals surface area contributed by atoms with Crippen LogP contribution in [-0.4, -0.2) is 16.4 Å². The fraction of sp³-hybridized carbons (Fsp3) is 0.296. The van der Waals surface area contributed by atoms with Crippen LogP contribution in [0, 0.1) is 13.8 Å². The second-order valence-electron chi connectivity index (χ2n) is 8.40. The predicted octanol–water partition coefficient (Wildman–Crippen LogP) is 7.38. The van der Waals surface area contributed by atoms with Crippen molar-refractivity contribution in [1.29, 1.82) is 0 Å². The molecule has 0 bridgehead atoms. The summed E-state index contributed by atoms with van der Waals surface area (Å²) in [5, 5.41) is 0.687. The molecule has 0 N–H and O–H groups in total. The van der Waals surface area contributed by atoms with Crippen LogP contribution < -0.4 is 0 Å². The number of hydrogen-bond acceptors (Lipinski definition) is 4. The number of fused-ring (bicyclic) bond motifs is 1. The summed E-state index contributed by atoms with van der Waals surface area (Å²) in [6.07, 6.45) is 2.19. The summed E-state index contributed by atoms with van der Waals surface area (Å²) in [7, 11) is 0. The van der Waals surface area contributed by atoms with Crippen LogP contribution in [-0.2, 0) is 19.4 Å². The highest BCUT2D eigenvalue weighted by molar-refractivity contribution is 7.12. The monoisotopic (exact) mass is 462 g/mol. The Morgan fingerprint density at radius 2 is 1.94 bits per heavy atom. The van der Waals surface area contributed by atoms with Crippen molar-refractivity contribution in [1.82, 2.24) is 9.88 Å². The van der Waals surface area contributed by atoms with Crippen LogP contribution in [0.2, 0.25) is 5.02 Å². The molecule has 1 aliphatic heterocycles. The van der Waals surface area contributed by atoms with E-state index in [2.05, 4.69) is 49.1 Å². The van der Waals surface area contributed by atoms with E-state index in [0.717, 1.165) is 42.9 Å². The van der Waals surface area contributed by atoms with Gasteiger partial charge in [-0.05, 0) is 61.6 Å². The largest absolute Gasteiger partial charge is 0.441 e. The Morgan fingerprint density at radius 1 is 1.12 bits per heavy atom. The van der Waals surface area contributed by atoms with E-state index in [0.29, 0.717) is 10.9 Å². The van der Waals surface area contributed by atoms with Gasteiger partial charge in [-0.1, -0.05) is 54.9 Å². The fourth-order valence-electron chi connectivity index (χ4n) is 4.84. The lowest BCUT2D eigenvalue weighted by Gasteiger charge is -2.36. The Morgan fingerprint density at radius 3 is 2.69 bits per heavy atom. The highest BCUT2D eigenvalue weighted by Gasteiger charge is 2.33. The quantitative estimate of drug-likeness (QED) is 0.309. The average molecular weight is 463 g/mol. The maximum Gasteiger partial charge on any atom is 0.226 e. The number of aromatic nitrogens is 1. The third-order valence-corrected chi connectivity index (χ3v) is 7.88. The first-order valence-electron chi connectivity index (χ1n) is 11.2. The number of nitrogens with zero attached hydrogens (tertiary/aromatic N) is 2. The third-order valence-electron chi connectivity index (χ3n) is 6.40. The smallest absolute Gasteiger partial charge is 0.226 e. The Kier molecular flexibility index (Phi) is 5.93. The van der Waals surface area contributed by atoms with E-state index in [1.165, 1.54) is 15.3 Å². The van der Waals surface area contributed by atoms with Crippen molar-refractivity contribution < 1.29 is 4.42 Å². The average Bonchev–Trinajstić information content (AvgIpc) is 3.32. The van der Waals surface area contributed by atoms with Gasteiger partial charge in [0.05, 0.1) is 11.7 Å². The minimum Gasteiger partial charge on any atom is -0.441 e. The Bertz CT molecular complexity index is 1240. The molecule has 2 aromatic carbocycles. The lowest BCUT2D eigenvalue weighted by molar-refractivity contribution is 0.204. The van der Waals surface area contributed by atoms with E-state index < -0.39 is 0 Å². The molecule has 164 valence electrons. The molecule has 0 saturated carbocycles. The van der Waals surface area contributed by atoms with Gasteiger partial charge in [0.1, 0.15) is 5.76 Å². The number of aryl methyl sites for hydroxylation is 2. The number of rotatable bonds is 5. The lowest BCUT2D eigenvalue weighted by atomic mass is 9.91. The van der Waals surface area contributed by atoms with Gasteiger partial charge < -0.3 is 4.42 Å². The molecule has 4 aromatic rings. The third kappa shape index (κ3) is 3.92. The summed E-state index contributed by atoms with van der Waals surface area (Å²) in [5.74, 6) is 1.50. The molecule has 3 heterocycles. The molecule has 32 heavy (non-hydrogen) atoms. The van der Waals surface area contributed by atoms with Gasteiger partial charge in [-0.15, -0.1) is 11.3 Å². The van der Waals surface area contributed by atoms with Gasteiger partial charge in [0.25, 0.3) is 0 Å². The summed E-state index contributed by atoms with van der Waals surface area (Å²) in [6.45, 7) is 8.32. The molecular formula is C27H27ClN2OS. The highest BCUT2D eigenvalue weighted by Crippen LogP contribution is 2.43. The van der Waals surface area contributed by atoms with E-state index in [4.69, 9.17) is 21.0 Å². The summed E-state index contributed by atoms with van der Waals surface area (Å²) >= 11 is 8.15. The number of hydrogen-bond donors (Lipinski definition) is 0. The van der Waals surface area contributed by atoms with Crippen LogP contribution in [0.4, 0.5) is 0 Å². The standard InChI is InChI=1S/C27H27ClN2OS/c1-4-22-18(3)32-26-23(22)13-14-30(25(26)19-9-6-5-7-10-19)16-24-17(2)31-27(29-24)20-11-8-12-21(28)15-20/h5-12,15,25H,4,13-14,16H2,1-3H3/t25-/m0/s1. The Hall–Kier alpha value is -2.40. The maximum atomic E-state index is 6.18. The normalized spacial score (nSPS) is 16.3. The summed E-state index contributed by atoms with van der Waals surface area (Å²) in [4.78, 5) is 10.4. The zero-order valence-corrected chi connectivity index (χ0v) is 20.3. The molecule has 5 rings (SSSR count). The predicted molar refractivity (Wildman–Crippen MR) is 133 cm³/mol. The first-order chi connectivity index (χ1) is 15.5. The Labute approximate surface area is 198 Å². The fourth-order valence-corrected chi connectivity index (χ4v) is 6.49. The van der Waals surface area contributed by atoms with Crippen molar-refractivity contribution in [2.45, 2.75) is 46.2 Å². The molecule has 2 aromatic heterocycles. The number of halogens is 1. The molecule has 0 amide bonds. The number of thiophene rings is 1. The van der Waals surface area contributed by atoms with E-state index in [-0.39, 0.29) is 6.04 Å². The highest BCUT2D eigenvalue weighted by atomic mass is 35.5. The van der Waals surface area contributed by atoms with Crippen molar-refractivity contribution in [2.75, 3.05) is 6.54 Å². The van der Waals surface area contributed by atoms with E-state index in [9.17, 15) is 0 Å². The van der Waals surface area contributed by atoms with Crippen molar-refractivity contribution in [3.8, 4) is 11.5 Å². The van der Waals surface area contributed by atoms with Gasteiger partial charge in [0.2, 0.25) is 5.89 Å². The van der Waals surface area contributed by atoms with Gasteiger partial charge in [-0.25, -0.2) is 4.98 Å². The van der Waals surface area contributed by atoms with Gasteiger partial charge >= 0.3 is 0 Å². The molecule has 0 fully saturated rings. The van der Waals surface area contributed by atoms with Crippen LogP contribution in [0.5, 0.6) is 0 Å². The molecule has 0 spiro atoms. The van der Waals surface area contributed by atoms with Crippen LogP contribution in [0.1, 0.15) is 50.9 Å². The summed E-state index contributed by atoms with van der Waals surface area (Å²) in [5.41, 5.74) is 6.36. The molecule has 1 aliphatic rings. The van der Waals surface area contributed by atoms with Crippen molar-refractivity contribution >= 4 is 22.9 Å². The Balaban J connectivity index is 1.52. The number of benzene rings is 2. The molecule has 0 aliphatic carbocycles. The second kappa shape index (κ2) is 8.86. The molecule has 0 radical (unpaired) electrons. The zero-order valence-electron chi connectivity index (χ0n) is 18.7. The van der Waals surface area contributed by atoms with Gasteiger partial charge in [0.15, 0.2) is 0 Å². The lowest BCUT2D eigenvalue weighted by Crippen LogP contribution is -2.35. The van der Waals surface area contributed by atoms with Crippen LogP contribution in [0.25, 0.3) is 11.5 Å². The minimum absolute atomic E-state index is 0.245. The summed E-state index contributed by atoms with van der Waals surface area (Å²) < 4.78 is 6.05. The van der Waals surface area contributed by atoms with Gasteiger partial charge in [-0.2, -0.15) is 0 Å². The number of oxazole rings is 1. The van der Waals surface area contributed by atoms with Crippen LogP contribution >= 0.6 is 22.9 Å². The molecular weight excluding hydrogens is 436 g/mol. The maximum absolute atomic E-state index is 6.18. The first-order valence-corrected chi connectivity index (χ1v) is 12.4. The molecule has 0 unspecified atom stereocenters. The topological polar surface area (TPSA) is 29.3 Å². The van der Waals surface area contributed by atoms with E-state index in [1.807, 2.05) is 42.5 Å². The van der Waals surface area contributed by atoms with Gasteiger partial charge in [0, 0.05) is 33.4 Å². The van der Waals surface area contributed by atoms with Crippen LogP contribution in [0.15, 0.2) is 59.0 Å². The summed E-state index contributed by atoms with van der Waals surface area (Å²) in [6, 6.07) is 18.8. The molecule has 3 nitrogen and oxygen atoms in total. The molecule has 0 saturated heterocycles. The first kappa shape index (κ1) is 21.4. The van der Waals surface area contributed by atoms with E-state index >= 15 is 0 Å². The second-order valence-corrected chi connectivity index (χ2v) is 10.1. The SMILES string of the molecule is CCc1c(C)sc2c1CCN(Cc1nc(-c3cccc(Cl)c3)oc1C)[C@H]2c1ccccc1. The van der Waals surface area contributed by atoms with Crippen molar-refractivity contribution in [2.24, 2.45) is 0 Å². The molecule has 1 atom stereocenters. The van der Waals surface area contributed by atoms with E-state index in [1.54, 1.807) is 11.1 Å².